The third-order valence-electron chi connectivity index (χ3n) is 2.09. The fourth-order valence-corrected chi connectivity index (χ4v) is 1.79. The Morgan fingerprint density at radius 1 is 1.40 bits per heavy atom. The van der Waals surface area contributed by atoms with E-state index in [9.17, 15) is 9.59 Å². The Labute approximate surface area is 94.7 Å². The van der Waals surface area contributed by atoms with Gasteiger partial charge in [-0.25, -0.2) is 4.90 Å². The maximum Gasteiger partial charge on any atom is 0.261 e. The van der Waals surface area contributed by atoms with Crippen molar-refractivity contribution in [2.24, 2.45) is 0 Å². The van der Waals surface area contributed by atoms with Crippen LogP contribution >= 0.6 is 15.9 Å². The van der Waals surface area contributed by atoms with Crippen molar-refractivity contribution in [2.75, 3.05) is 4.90 Å². The number of pyridine rings is 1. The highest BCUT2D eigenvalue weighted by molar-refractivity contribution is 9.10. The van der Waals surface area contributed by atoms with Crippen LogP contribution in [0.15, 0.2) is 34.6 Å². The molecular weight excluding hydrogens is 260 g/mol. The van der Waals surface area contributed by atoms with Gasteiger partial charge in [-0.2, -0.15) is 0 Å². The van der Waals surface area contributed by atoms with Crippen LogP contribution < -0.4 is 4.90 Å². The molecule has 4 nitrogen and oxygen atoms in total. The molecule has 15 heavy (non-hydrogen) atoms. The molecule has 2 rings (SSSR count). The summed E-state index contributed by atoms with van der Waals surface area (Å²) in [4.78, 5) is 28.2. The van der Waals surface area contributed by atoms with Gasteiger partial charge in [0, 0.05) is 24.0 Å². The monoisotopic (exact) mass is 266 g/mol. The normalized spacial score (nSPS) is 15.9. The van der Waals surface area contributed by atoms with E-state index in [0.29, 0.717) is 15.7 Å². The van der Waals surface area contributed by atoms with Gasteiger partial charge in [0.05, 0.1) is 10.2 Å². The molecule has 2 amide bonds. The summed E-state index contributed by atoms with van der Waals surface area (Å²) in [5, 5.41) is 0. The van der Waals surface area contributed by atoms with Crippen molar-refractivity contribution >= 4 is 33.4 Å². The van der Waals surface area contributed by atoms with Crippen LogP contribution in [-0.2, 0) is 9.59 Å². The van der Waals surface area contributed by atoms with Gasteiger partial charge >= 0.3 is 0 Å². The van der Waals surface area contributed by atoms with E-state index in [1.807, 2.05) is 0 Å². The summed E-state index contributed by atoms with van der Waals surface area (Å²) in [5.41, 5.74) is 0.969. The predicted octanol–water partition coefficient (Wildman–Crippen LogP) is 1.66. The van der Waals surface area contributed by atoms with Crippen LogP contribution in [0, 0.1) is 0 Å². The van der Waals surface area contributed by atoms with Crippen molar-refractivity contribution in [2.45, 2.75) is 6.92 Å². The summed E-state index contributed by atoms with van der Waals surface area (Å²) in [5.74, 6) is -0.601. The van der Waals surface area contributed by atoms with Gasteiger partial charge in [0.25, 0.3) is 11.8 Å². The van der Waals surface area contributed by atoms with Gasteiger partial charge in [-0.1, -0.05) is 0 Å². The number of rotatable bonds is 1. The van der Waals surface area contributed by atoms with E-state index in [0.717, 1.165) is 4.90 Å². The quantitative estimate of drug-likeness (QED) is 0.727. The molecule has 0 aromatic carbocycles. The molecule has 1 aliphatic rings. The highest BCUT2D eigenvalue weighted by Gasteiger charge is 2.30. The molecule has 2 heterocycles. The van der Waals surface area contributed by atoms with E-state index < -0.39 is 0 Å². The van der Waals surface area contributed by atoms with Crippen LogP contribution in [0.3, 0.4) is 0 Å². The Balaban J connectivity index is 2.47. The van der Waals surface area contributed by atoms with Gasteiger partial charge in [0.2, 0.25) is 0 Å². The summed E-state index contributed by atoms with van der Waals surface area (Å²) in [6.45, 7) is 1.62. The number of halogens is 1. The van der Waals surface area contributed by atoms with Gasteiger partial charge < -0.3 is 0 Å². The molecular formula is C10H7BrN2O2. The molecule has 0 atom stereocenters. The van der Waals surface area contributed by atoms with Crippen LogP contribution in [0.1, 0.15) is 6.92 Å². The average Bonchev–Trinajstić information content (AvgIpc) is 2.43. The second-order valence-electron chi connectivity index (χ2n) is 3.13. The molecule has 76 valence electrons. The SMILES string of the molecule is CC1=CC(=O)N(c2ccncc2Br)C1=O. The summed E-state index contributed by atoms with van der Waals surface area (Å²) in [7, 11) is 0. The van der Waals surface area contributed by atoms with Crippen molar-refractivity contribution < 1.29 is 9.59 Å². The Bertz CT molecular complexity index is 482. The van der Waals surface area contributed by atoms with Gasteiger partial charge in [-0.15, -0.1) is 0 Å². The van der Waals surface area contributed by atoms with E-state index >= 15 is 0 Å². The van der Waals surface area contributed by atoms with E-state index in [-0.39, 0.29) is 11.8 Å². The minimum Gasteiger partial charge on any atom is -0.269 e. The van der Waals surface area contributed by atoms with E-state index in [1.165, 1.54) is 12.3 Å². The van der Waals surface area contributed by atoms with E-state index in [4.69, 9.17) is 0 Å². The summed E-state index contributed by atoms with van der Waals surface area (Å²) < 4.78 is 0.620. The molecule has 0 spiro atoms. The Morgan fingerprint density at radius 2 is 2.13 bits per heavy atom. The lowest BCUT2D eigenvalue weighted by atomic mass is 10.3. The number of nitrogens with zero attached hydrogens (tertiary/aromatic N) is 2. The first kappa shape index (κ1) is 10.0. The lowest BCUT2D eigenvalue weighted by molar-refractivity contribution is -0.120. The highest BCUT2D eigenvalue weighted by Crippen LogP contribution is 2.28. The Hall–Kier alpha value is -1.49. The zero-order valence-corrected chi connectivity index (χ0v) is 9.48. The molecule has 0 radical (unpaired) electrons. The third kappa shape index (κ3) is 1.59. The van der Waals surface area contributed by atoms with Crippen molar-refractivity contribution in [3.05, 3.63) is 34.6 Å². The van der Waals surface area contributed by atoms with Crippen LogP contribution in [0.25, 0.3) is 0 Å². The van der Waals surface area contributed by atoms with Crippen molar-refractivity contribution in [1.82, 2.24) is 4.98 Å². The first-order valence-electron chi connectivity index (χ1n) is 4.27. The van der Waals surface area contributed by atoms with E-state index in [1.54, 1.807) is 19.2 Å². The molecule has 1 aromatic rings. The van der Waals surface area contributed by atoms with Gasteiger partial charge in [0.1, 0.15) is 0 Å². The number of amides is 2. The fourth-order valence-electron chi connectivity index (χ4n) is 1.37. The van der Waals surface area contributed by atoms with Crippen molar-refractivity contribution in [1.29, 1.82) is 0 Å². The molecule has 0 N–H and O–H groups in total. The number of anilines is 1. The summed E-state index contributed by atoms with van der Waals surface area (Å²) in [6, 6.07) is 1.62. The second-order valence-corrected chi connectivity index (χ2v) is 3.99. The molecule has 0 unspecified atom stereocenters. The maximum absolute atomic E-state index is 11.7. The summed E-state index contributed by atoms with van der Waals surface area (Å²) >= 11 is 3.25. The maximum atomic E-state index is 11.7. The van der Waals surface area contributed by atoms with Gasteiger partial charge in [0.15, 0.2) is 0 Å². The van der Waals surface area contributed by atoms with Gasteiger partial charge in [-0.05, 0) is 28.9 Å². The molecule has 0 saturated heterocycles. The molecule has 0 aliphatic carbocycles. The highest BCUT2D eigenvalue weighted by atomic mass is 79.9. The molecule has 5 heteroatoms. The predicted molar refractivity (Wildman–Crippen MR) is 58.2 cm³/mol. The second kappa shape index (κ2) is 3.58. The minimum absolute atomic E-state index is 0.285. The topological polar surface area (TPSA) is 50.3 Å². The largest absolute Gasteiger partial charge is 0.269 e. The number of carbonyl (C=O) groups excluding carboxylic acids is 2. The third-order valence-corrected chi connectivity index (χ3v) is 2.70. The molecule has 0 bridgehead atoms. The smallest absolute Gasteiger partial charge is 0.261 e. The average molecular weight is 267 g/mol. The minimum atomic E-state index is -0.315. The zero-order chi connectivity index (χ0) is 11.0. The Kier molecular flexibility index (Phi) is 2.40. The molecule has 0 saturated carbocycles. The fraction of sp³-hybridized carbons (Fsp3) is 0.100. The zero-order valence-electron chi connectivity index (χ0n) is 7.90. The molecule has 1 aromatic heterocycles. The Morgan fingerprint density at radius 3 is 2.67 bits per heavy atom. The van der Waals surface area contributed by atoms with Crippen LogP contribution in [-0.4, -0.2) is 16.8 Å². The summed E-state index contributed by atoms with van der Waals surface area (Å²) in [6.07, 6.45) is 4.41. The van der Waals surface area contributed by atoms with Gasteiger partial charge in [-0.3, -0.25) is 14.6 Å². The number of hydrogen-bond donors (Lipinski definition) is 0. The lowest BCUT2D eigenvalue weighted by Gasteiger charge is -2.15. The van der Waals surface area contributed by atoms with Crippen molar-refractivity contribution in [3.63, 3.8) is 0 Å². The number of carbonyl (C=O) groups is 2. The van der Waals surface area contributed by atoms with Crippen LogP contribution in [0.2, 0.25) is 0 Å². The van der Waals surface area contributed by atoms with Crippen LogP contribution in [0.5, 0.6) is 0 Å². The first-order chi connectivity index (χ1) is 7.11. The van der Waals surface area contributed by atoms with Crippen molar-refractivity contribution in [3.8, 4) is 0 Å². The molecule has 1 aliphatic heterocycles. The first-order valence-corrected chi connectivity index (χ1v) is 5.07. The molecule has 0 fully saturated rings. The standard InChI is InChI=1S/C10H7BrN2O2/c1-6-4-9(14)13(10(6)15)8-2-3-12-5-7(8)11/h2-5H,1H3. The van der Waals surface area contributed by atoms with Crippen LogP contribution in [0.4, 0.5) is 5.69 Å². The number of aromatic nitrogens is 1. The number of imide groups is 1. The number of hydrogen-bond acceptors (Lipinski definition) is 3. The lowest BCUT2D eigenvalue weighted by Crippen LogP contribution is -2.30. The van der Waals surface area contributed by atoms with E-state index in [2.05, 4.69) is 20.9 Å².